The van der Waals surface area contributed by atoms with Gasteiger partial charge in [0.25, 0.3) is 0 Å². The molecule has 1 aliphatic heterocycles. The lowest BCUT2D eigenvalue weighted by Gasteiger charge is -2.33. The number of rotatable bonds is 3. The highest BCUT2D eigenvalue weighted by Crippen LogP contribution is 2.18. The lowest BCUT2D eigenvalue weighted by atomic mass is 10.1. The number of piperidine rings is 1. The van der Waals surface area contributed by atoms with Crippen LogP contribution < -0.4 is 0 Å². The molecule has 5 nitrogen and oxygen atoms in total. The maximum atomic E-state index is 11.8. The number of hydrogen-bond donors (Lipinski definition) is 0. The van der Waals surface area contributed by atoms with Gasteiger partial charge in [-0.3, -0.25) is 0 Å². The van der Waals surface area contributed by atoms with Gasteiger partial charge in [0, 0.05) is 13.1 Å². The highest BCUT2D eigenvalue weighted by atomic mass is 16.6. The van der Waals surface area contributed by atoms with Crippen LogP contribution in [-0.4, -0.2) is 48.2 Å². The van der Waals surface area contributed by atoms with Gasteiger partial charge in [-0.2, -0.15) is 0 Å². The molecule has 1 aliphatic rings. The first-order valence-electron chi connectivity index (χ1n) is 6.40. The van der Waals surface area contributed by atoms with E-state index in [0.29, 0.717) is 13.1 Å². The monoisotopic (exact) mass is 257 g/mol. The molecule has 0 aromatic heterocycles. The number of ether oxygens (including phenoxy) is 2. The van der Waals surface area contributed by atoms with Crippen LogP contribution in [0.3, 0.4) is 0 Å². The summed E-state index contributed by atoms with van der Waals surface area (Å²) in [6, 6.07) is 0. The van der Waals surface area contributed by atoms with Crippen molar-refractivity contribution >= 4 is 12.4 Å². The van der Waals surface area contributed by atoms with Gasteiger partial charge in [-0.15, -0.1) is 0 Å². The van der Waals surface area contributed by atoms with Crippen LogP contribution in [0.1, 0.15) is 40.5 Å². The van der Waals surface area contributed by atoms with Crippen LogP contribution in [-0.2, 0) is 14.3 Å². The molecule has 1 unspecified atom stereocenters. The lowest BCUT2D eigenvalue weighted by molar-refractivity contribution is -0.122. The van der Waals surface area contributed by atoms with Crippen molar-refractivity contribution in [2.75, 3.05) is 13.1 Å². The Balaban J connectivity index is 2.35. The van der Waals surface area contributed by atoms with Crippen LogP contribution in [0.5, 0.6) is 0 Å². The summed E-state index contributed by atoms with van der Waals surface area (Å²) in [5, 5.41) is 0. The molecule has 0 radical (unpaired) electrons. The van der Waals surface area contributed by atoms with Crippen molar-refractivity contribution in [2.24, 2.45) is 0 Å². The largest absolute Gasteiger partial charge is 0.444 e. The quantitative estimate of drug-likeness (QED) is 0.725. The van der Waals surface area contributed by atoms with Gasteiger partial charge in [-0.25, -0.2) is 4.79 Å². The molecule has 5 heteroatoms. The summed E-state index contributed by atoms with van der Waals surface area (Å²) in [5.41, 5.74) is -0.462. The molecule has 1 rings (SSSR count). The lowest BCUT2D eigenvalue weighted by Crippen LogP contribution is -2.44. The van der Waals surface area contributed by atoms with Crippen LogP contribution >= 0.6 is 0 Å². The van der Waals surface area contributed by atoms with E-state index in [2.05, 4.69) is 0 Å². The third-order valence-electron chi connectivity index (χ3n) is 2.69. The van der Waals surface area contributed by atoms with Gasteiger partial charge in [-0.1, -0.05) is 0 Å². The third kappa shape index (κ3) is 5.04. The number of carbonyl (C=O) groups excluding carboxylic acids is 2. The maximum Gasteiger partial charge on any atom is 0.410 e. The highest BCUT2D eigenvalue weighted by molar-refractivity contribution is 5.68. The summed E-state index contributed by atoms with van der Waals surface area (Å²) in [7, 11) is 0. The molecule has 1 heterocycles. The number of carbonyl (C=O) groups is 2. The molecule has 1 amide bonds. The Labute approximate surface area is 108 Å². The number of likely N-dealkylation sites (tertiary alicyclic amines) is 1. The minimum absolute atomic E-state index is 0.0592. The van der Waals surface area contributed by atoms with E-state index in [1.807, 2.05) is 20.8 Å². The summed E-state index contributed by atoms with van der Waals surface area (Å²) in [5.74, 6) is 0. The Morgan fingerprint density at radius 1 is 1.33 bits per heavy atom. The van der Waals surface area contributed by atoms with E-state index in [4.69, 9.17) is 9.47 Å². The average molecular weight is 257 g/mol. The second-order valence-corrected chi connectivity index (χ2v) is 5.64. The molecule has 1 saturated heterocycles. The number of hydrogen-bond acceptors (Lipinski definition) is 4. The van der Waals surface area contributed by atoms with Gasteiger partial charge in [-0.05, 0) is 40.5 Å². The zero-order chi connectivity index (χ0) is 13.8. The number of aldehydes is 1. The Bertz CT molecular complexity index is 290. The van der Waals surface area contributed by atoms with Gasteiger partial charge in [0.1, 0.15) is 18.0 Å². The predicted molar refractivity (Wildman–Crippen MR) is 67.4 cm³/mol. The van der Waals surface area contributed by atoms with E-state index in [1.165, 1.54) is 0 Å². The average Bonchev–Trinajstić information content (AvgIpc) is 2.27. The standard InChI is InChI=1S/C13H23NO4/c1-10(9-15)17-11-5-7-14(8-6-11)12(16)18-13(2,3)4/h9-11H,5-8H2,1-4H3. The first-order chi connectivity index (χ1) is 8.31. The van der Waals surface area contributed by atoms with E-state index in [-0.39, 0.29) is 18.3 Å². The van der Waals surface area contributed by atoms with Gasteiger partial charge in [0.05, 0.1) is 6.10 Å². The van der Waals surface area contributed by atoms with Crippen LogP contribution in [0, 0.1) is 0 Å². The van der Waals surface area contributed by atoms with Gasteiger partial charge in [0.2, 0.25) is 0 Å². The van der Waals surface area contributed by atoms with E-state index >= 15 is 0 Å². The zero-order valence-corrected chi connectivity index (χ0v) is 11.6. The summed E-state index contributed by atoms with van der Waals surface area (Å²) in [6.07, 6.45) is 1.70. The SMILES string of the molecule is CC(C=O)OC1CCN(C(=O)OC(C)(C)C)CC1. The highest BCUT2D eigenvalue weighted by Gasteiger charge is 2.27. The molecular weight excluding hydrogens is 234 g/mol. The molecule has 0 saturated carbocycles. The molecule has 0 aromatic carbocycles. The molecule has 0 N–H and O–H groups in total. The predicted octanol–water partition coefficient (Wildman–Crippen LogP) is 1.99. The second-order valence-electron chi connectivity index (χ2n) is 5.64. The third-order valence-corrected chi connectivity index (χ3v) is 2.69. The molecule has 1 fully saturated rings. The summed E-state index contributed by atoms with van der Waals surface area (Å²) >= 11 is 0. The molecule has 0 aromatic rings. The minimum Gasteiger partial charge on any atom is -0.444 e. The van der Waals surface area contributed by atoms with Crippen molar-refractivity contribution < 1.29 is 19.1 Å². The van der Waals surface area contributed by atoms with Crippen molar-refractivity contribution in [2.45, 2.75) is 58.3 Å². The fourth-order valence-corrected chi connectivity index (χ4v) is 1.84. The van der Waals surface area contributed by atoms with Crippen LogP contribution in [0.25, 0.3) is 0 Å². The van der Waals surface area contributed by atoms with Crippen LogP contribution in [0.15, 0.2) is 0 Å². The molecular formula is C13H23NO4. The summed E-state index contributed by atoms with van der Waals surface area (Å²) in [6.45, 7) is 8.52. The molecule has 1 atom stereocenters. The molecule has 18 heavy (non-hydrogen) atoms. The first kappa shape index (κ1) is 15.0. The smallest absolute Gasteiger partial charge is 0.410 e. The zero-order valence-electron chi connectivity index (χ0n) is 11.6. The summed E-state index contributed by atoms with van der Waals surface area (Å²) in [4.78, 5) is 24.0. The Hall–Kier alpha value is -1.10. The Morgan fingerprint density at radius 2 is 1.89 bits per heavy atom. The van der Waals surface area contributed by atoms with Crippen LogP contribution in [0.4, 0.5) is 4.79 Å². The fraction of sp³-hybridized carbons (Fsp3) is 0.846. The normalized spacial score (nSPS) is 19.4. The van der Waals surface area contributed by atoms with Gasteiger partial charge >= 0.3 is 6.09 Å². The van der Waals surface area contributed by atoms with Crippen molar-refractivity contribution in [1.29, 1.82) is 0 Å². The van der Waals surface area contributed by atoms with E-state index < -0.39 is 5.60 Å². The topological polar surface area (TPSA) is 55.8 Å². The van der Waals surface area contributed by atoms with Crippen LogP contribution in [0.2, 0.25) is 0 Å². The Kier molecular flexibility index (Phi) is 5.14. The molecule has 0 bridgehead atoms. The van der Waals surface area contributed by atoms with Gasteiger partial charge in [0.15, 0.2) is 0 Å². The molecule has 104 valence electrons. The van der Waals surface area contributed by atoms with E-state index in [9.17, 15) is 9.59 Å². The summed E-state index contributed by atoms with van der Waals surface area (Å²) < 4.78 is 10.8. The van der Waals surface area contributed by atoms with Crippen molar-refractivity contribution in [1.82, 2.24) is 4.90 Å². The van der Waals surface area contributed by atoms with Gasteiger partial charge < -0.3 is 19.2 Å². The fourth-order valence-electron chi connectivity index (χ4n) is 1.84. The molecule has 0 aliphatic carbocycles. The molecule has 0 spiro atoms. The number of nitrogens with zero attached hydrogens (tertiary/aromatic N) is 1. The number of amides is 1. The van der Waals surface area contributed by atoms with E-state index in [0.717, 1.165) is 19.1 Å². The second kappa shape index (κ2) is 6.18. The first-order valence-corrected chi connectivity index (χ1v) is 6.40. The minimum atomic E-state index is -0.462. The Morgan fingerprint density at radius 3 is 2.33 bits per heavy atom. The van der Waals surface area contributed by atoms with Crippen molar-refractivity contribution in [3.8, 4) is 0 Å². The van der Waals surface area contributed by atoms with Crippen molar-refractivity contribution in [3.05, 3.63) is 0 Å². The van der Waals surface area contributed by atoms with E-state index in [1.54, 1.807) is 11.8 Å². The maximum absolute atomic E-state index is 11.8. The van der Waals surface area contributed by atoms with Crippen molar-refractivity contribution in [3.63, 3.8) is 0 Å².